The number of halogens is 1. The molecule has 6 nitrogen and oxygen atoms in total. The topological polar surface area (TPSA) is 74.8 Å². The SMILES string of the molecule is CCC(C)NC(=O)c1ccc(CNC(=NC)NCCCOc2ccccc2)cc1.I. The minimum Gasteiger partial charge on any atom is -0.494 e. The van der Waals surface area contributed by atoms with Gasteiger partial charge in [-0.2, -0.15) is 0 Å². The number of benzene rings is 2. The highest BCUT2D eigenvalue weighted by Crippen LogP contribution is 2.08. The average Bonchev–Trinajstić information content (AvgIpc) is 2.76. The molecule has 0 radical (unpaired) electrons. The van der Waals surface area contributed by atoms with Crippen LogP contribution in [0.4, 0.5) is 0 Å². The second-order valence-corrected chi connectivity index (χ2v) is 6.85. The standard InChI is InChI=1S/C23H32N4O2.HI/c1-4-18(2)27-22(28)20-13-11-19(12-14-20)17-26-23(24-3)25-15-8-16-29-21-9-6-5-7-10-21;/h5-7,9-14,18H,4,8,15-17H2,1-3H3,(H,27,28)(H2,24,25,26);1H. The molecule has 3 N–H and O–H groups in total. The molecular weight excluding hydrogens is 491 g/mol. The van der Waals surface area contributed by atoms with Crippen molar-refractivity contribution in [1.82, 2.24) is 16.0 Å². The maximum absolute atomic E-state index is 12.1. The summed E-state index contributed by atoms with van der Waals surface area (Å²) in [5.74, 6) is 1.59. The van der Waals surface area contributed by atoms with Crippen molar-refractivity contribution >= 4 is 35.8 Å². The lowest BCUT2D eigenvalue weighted by atomic mass is 10.1. The Morgan fingerprint density at radius 3 is 2.40 bits per heavy atom. The first-order valence-corrected chi connectivity index (χ1v) is 10.1. The van der Waals surface area contributed by atoms with Gasteiger partial charge >= 0.3 is 0 Å². The second-order valence-electron chi connectivity index (χ2n) is 6.85. The Morgan fingerprint density at radius 2 is 1.77 bits per heavy atom. The van der Waals surface area contributed by atoms with Gasteiger partial charge in [-0.3, -0.25) is 9.79 Å². The lowest BCUT2D eigenvalue weighted by Crippen LogP contribution is -2.37. The quantitative estimate of drug-likeness (QED) is 0.190. The molecule has 0 aliphatic rings. The van der Waals surface area contributed by atoms with Crippen LogP contribution in [0.15, 0.2) is 59.6 Å². The summed E-state index contributed by atoms with van der Waals surface area (Å²) in [5.41, 5.74) is 1.76. The van der Waals surface area contributed by atoms with Crippen LogP contribution in [-0.4, -0.2) is 38.1 Å². The average molecular weight is 524 g/mol. The van der Waals surface area contributed by atoms with Crippen molar-refractivity contribution in [2.45, 2.75) is 39.3 Å². The zero-order chi connectivity index (χ0) is 20.9. The number of nitrogens with zero attached hydrogens (tertiary/aromatic N) is 1. The molecule has 2 aromatic carbocycles. The summed E-state index contributed by atoms with van der Waals surface area (Å²) in [4.78, 5) is 16.4. The van der Waals surface area contributed by atoms with Crippen molar-refractivity contribution in [1.29, 1.82) is 0 Å². The monoisotopic (exact) mass is 524 g/mol. The number of amides is 1. The number of guanidine groups is 1. The van der Waals surface area contributed by atoms with Crippen LogP contribution in [0.1, 0.15) is 42.6 Å². The first-order valence-electron chi connectivity index (χ1n) is 10.1. The first-order chi connectivity index (χ1) is 14.1. The zero-order valence-corrected chi connectivity index (χ0v) is 20.3. The summed E-state index contributed by atoms with van der Waals surface area (Å²) < 4.78 is 5.68. The van der Waals surface area contributed by atoms with Gasteiger partial charge in [0.1, 0.15) is 5.75 Å². The molecule has 164 valence electrons. The fourth-order valence-corrected chi connectivity index (χ4v) is 2.58. The van der Waals surface area contributed by atoms with E-state index in [9.17, 15) is 4.79 Å². The van der Waals surface area contributed by atoms with Gasteiger partial charge in [-0.15, -0.1) is 24.0 Å². The van der Waals surface area contributed by atoms with Crippen molar-refractivity contribution in [3.8, 4) is 5.75 Å². The minimum absolute atomic E-state index is 0. The van der Waals surface area contributed by atoms with Gasteiger partial charge in [-0.1, -0.05) is 37.3 Å². The summed E-state index contributed by atoms with van der Waals surface area (Å²) in [6.45, 7) is 6.10. The molecule has 0 aliphatic heterocycles. The molecule has 0 fully saturated rings. The number of nitrogens with one attached hydrogen (secondary N) is 3. The van der Waals surface area contributed by atoms with Gasteiger partial charge < -0.3 is 20.7 Å². The second kappa shape index (κ2) is 14.7. The Balaban J connectivity index is 0.00000450. The molecule has 0 aliphatic carbocycles. The van der Waals surface area contributed by atoms with E-state index in [0.29, 0.717) is 18.7 Å². The zero-order valence-electron chi connectivity index (χ0n) is 18.0. The molecule has 2 aromatic rings. The van der Waals surface area contributed by atoms with Gasteiger partial charge in [0.2, 0.25) is 0 Å². The van der Waals surface area contributed by atoms with Gasteiger partial charge in [0.05, 0.1) is 6.61 Å². The van der Waals surface area contributed by atoms with E-state index in [1.807, 2.05) is 61.5 Å². The minimum atomic E-state index is -0.0333. The third-order valence-electron chi connectivity index (χ3n) is 4.52. The van der Waals surface area contributed by atoms with Gasteiger partial charge in [-0.05, 0) is 49.6 Å². The van der Waals surface area contributed by atoms with Crippen LogP contribution in [0, 0.1) is 0 Å². The summed E-state index contributed by atoms with van der Waals surface area (Å²) in [7, 11) is 1.75. The van der Waals surface area contributed by atoms with Gasteiger partial charge in [0, 0.05) is 31.7 Å². The highest BCUT2D eigenvalue weighted by atomic mass is 127. The Hall–Kier alpha value is -2.29. The maximum Gasteiger partial charge on any atom is 0.251 e. The predicted octanol–water partition coefficient (Wildman–Crippen LogP) is 3.97. The summed E-state index contributed by atoms with van der Waals surface area (Å²) in [6.07, 6.45) is 1.79. The van der Waals surface area contributed by atoms with Gasteiger partial charge in [-0.25, -0.2) is 0 Å². The lowest BCUT2D eigenvalue weighted by molar-refractivity contribution is 0.0939. The van der Waals surface area contributed by atoms with Crippen LogP contribution in [-0.2, 0) is 6.54 Å². The van der Waals surface area contributed by atoms with E-state index >= 15 is 0 Å². The van der Waals surface area contributed by atoms with E-state index in [-0.39, 0.29) is 35.9 Å². The number of aliphatic imine (C=N–C) groups is 1. The van der Waals surface area contributed by atoms with Crippen LogP contribution in [0.5, 0.6) is 5.75 Å². The molecule has 30 heavy (non-hydrogen) atoms. The Morgan fingerprint density at radius 1 is 1.07 bits per heavy atom. The van der Waals surface area contributed by atoms with Crippen molar-refractivity contribution < 1.29 is 9.53 Å². The predicted molar refractivity (Wildman–Crippen MR) is 134 cm³/mol. The molecular formula is C23H33IN4O2. The molecule has 1 amide bonds. The number of carbonyl (C=O) groups is 1. The van der Waals surface area contributed by atoms with Crippen molar-refractivity contribution in [2.24, 2.45) is 4.99 Å². The molecule has 7 heteroatoms. The third-order valence-corrected chi connectivity index (χ3v) is 4.52. The molecule has 0 heterocycles. The molecule has 1 unspecified atom stereocenters. The molecule has 0 saturated heterocycles. The molecule has 0 aromatic heterocycles. The van der Waals surface area contributed by atoms with E-state index in [2.05, 4.69) is 27.9 Å². The lowest BCUT2D eigenvalue weighted by Gasteiger charge is -2.13. The number of hydrogen-bond acceptors (Lipinski definition) is 3. The number of rotatable bonds is 10. The highest BCUT2D eigenvalue weighted by molar-refractivity contribution is 14.0. The molecule has 0 bridgehead atoms. The van der Waals surface area contributed by atoms with Crippen molar-refractivity contribution in [2.75, 3.05) is 20.2 Å². The number of ether oxygens (including phenoxy) is 1. The molecule has 1 atom stereocenters. The molecule has 0 saturated carbocycles. The first kappa shape index (κ1) is 25.7. The normalized spacial score (nSPS) is 11.8. The Kier molecular flexibility index (Phi) is 12.6. The Labute approximate surface area is 196 Å². The summed E-state index contributed by atoms with van der Waals surface area (Å²) >= 11 is 0. The van der Waals surface area contributed by atoms with Crippen LogP contribution < -0.4 is 20.7 Å². The molecule has 2 rings (SSSR count). The van der Waals surface area contributed by atoms with Crippen LogP contribution >= 0.6 is 24.0 Å². The smallest absolute Gasteiger partial charge is 0.251 e. The van der Waals surface area contributed by atoms with Crippen molar-refractivity contribution in [3.63, 3.8) is 0 Å². The van der Waals surface area contributed by atoms with Gasteiger partial charge in [0.15, 0.2) is 5.96 Å². The van der Waals surface area contributed by atoms with Crippen molar-refractivity contribution in [3.05, 3.63) is 65.7 Å². The van der Waals surface area contributed by atoms with E-state index in [4.69, 9.17) is 4.74 Å². The van der Waals surface area contributed by atoms with Gasteiger partial charge in [0.25, 0.3) is 5.91 Å². The number of hydrogen-bond donors (Lipinski definition) is 3. The van der Waals surface area contributed by atoms with E-state index in [1.165, 1.54) is 0 Å². The highest BCUT2D eigenvalue weighted by Gasteiger charge is 2.08. The van der Waals surface area contributed by atoms with Crippen LogP contribution in [0.2, 0.25) is 0 Å². The van der Waals surface area contributed by atoms with Crippen LogP contribution in [0.3, 0.4) is 0 Å². The van der Waals surface area contributed by atoms with Crippen LogP contribution in [0.25, 0.3) is 0 Å². The third kappa shape index (κ3) is 9.47. The fourth-order valence-electron chi connectivity index (χ4n) is 2.58. The van der Waals surface area contributed by atoms with E-state index < -0.39 is 0 Å². The maximum atomic E-state index is 12.1. The molecule has 0 spiro atoms. The fraction of sp³-hybridized carbons (Fsp3) is 0.391. The number of para-hydroxylation sites is 1. The summed E-state index contributed by atoms with van der Waals surface area (Å²) in [6, 6.07) is 17.6. The largest absolute Gasteiger partial charge is 0.494 e. The Bertz CT molecular complexity index is 767. The number of carbonyl (C=O) groups excluding carboxylic acids is 1. The van der Waals surface area contributed by atoms with E-state index in [1.54, 1.807) is 7.05 Å². The van der Waals surface area contributed by atoms with E-state index in [0.717, 1.165) is 36.7 Å². The summed E-state index contributed by atoms with van der Waals surface area (Å²) in [5, 5.41) is 9.53.